The molecule has 0 radical (unpaired) electrons. The van der Waals surface area contributed by atoms with E-state index in [1.54, 1.807) is 19.4 Å². The highest BCUT2D eigenvalue weighted by molar-refractivity contribution is 5.17. The molecule has 1 saturated carbocycles. The molecule has 0 aliphatic heterocycles. The fourth-order valence-electron chi connectivity index (χ4n) is 2.75. The van der Waals surface area contributed by atoms with E-state index < -0.39 is 12.8 Å². The van der Waals surface area contributed by atoms with E-state index in [2.05, 4.69) is 15.0 Å². The molecule has 0 bridgehead atoms. The molecule has 1 aliphatic rings. The van der Waals surface area contributed by atoms with E-state index >= 15 is 0 Å². The summed E-state index contributed by atoms with van der Waals surface area (Å²) in [6, 6.07) is 3.19. The molecule has 1 aliphatic carbocycles. The Kier molecular flexibility index (Phi) is 6.65. The minimum atomic E-state index is -4.34. The third-order valence-corrected chi connectivity index (χ3v) is 4.07. The van der Waals surface area contributed by atoms with Crippen molar-refractivity contribution in [2.24, 2.45) is 5.92 Å². The summed E-state index contributed by atoms with van der Waals surface area (Å²) < 4.78 is 46.1. The lowest BCUT2D eigenvalue weighted by Gasteiger charge is -2.27. The van der Waals surface area contributed by atoms with Crippen LogP contribution >= 0.6 is 0 Å². The Morgan fingerprint density at radius 3 is 2.52 bits per heavy atom. The summed E-state index contributed by atoms with van der Waals surface area (Å²) in [5, 5.41) is 3.38. The minimum absolute atomic E-state index is 0.0102. The number of hydrogen-bond acceptors (Lipinski definition) is 4. The Balaban J connectivity index is 1.66. The molecule has 0 atom stereocenters. The average molecular weight is 332 g/mol. The Morgan fingerprint density at radius 2 is 1.96 bits per heavy atom. The summed E-state index contributed by atoms with van der Waals surface area (Å²) in [7, 11) is 1.76. The van der Waals surface area contributed by atoms with Crippen LogP contribution in [-0.2, 0) is 11.3 Å². The predicted octanol–water partition coefficient (Wildman–Crippen LogP) is 3.32. The molecule has 0 spiro atoms. The fraction of sp³-hybridized carbons (Fsp3) is 0.688. The second kappa shape index (κ2) is 8.49. The van der Waals surface area contributed by atoms with Gasteiger partial charge in [-0.2, -0.15) is 13.2 Å². The highest BCUT2D eigenvalue weighted by Gasteiger charge is 2.28. The Morgan fingerprint density at radius 1 is 1.22 bits per heavy atom. The zero-order valence-electron chi connectivity index (χ0n) is 13.2. The van der Waals surface area contributed by atoms with Gasteiger partial charge in [0.1, 0.15) is 0 Å². The lowest BCUT2D eigenvalue weighted by Crippen LogP contribution is -2.28. The third kappa shape index (κ3) is 6.74. The molecule has 130 valence electrons. The maximum absolute atomic E-state index is 12.0. The number of ether oxygens (including phenoxy) is 2. The van der Waals surface area contributed by atoms with Crippen molar-refractivity contribution in [2.75, 3.05) is 20.3 Å². The number of aromatic nitrogens is 1. The average Bonchev–Trinajstić information content (AvgIpc) is 2.54. The van der Waals surface area contributed by atoms with E-state index in [1.807, 2.05) is 0 Å². The van der Waals surface area contributed by atoms with Gasteiger partial charge in [-0.25, -0.2) is 4.98 Å². The second-order valence-electron chi connectivity index (χ2n) is 5.92. The van der Waals surface area contributed by atoms with Gasteiger partial charge >= 0.3 is 6.18 Å². The van der Waals surface area contributed by atoms with Gasteiger partial charge in [-0.05, 0) is 43.7 Å². The summed E-state index contributed by atoms with van der Waals surface area (Å²) in [5.41, 5.74) is 0.926. The van der Waals surface area contributed by atoms with E-state index in [-0.39, 0.29) is 5.88 Å². The molecule has 1 heterocycles. The van der Waals surface area contributed by atoms with Gasteiger partial charge in [0.05, 0.1) is 6.10 Å². The van der Waals surface area contributed by atoms with Gasteiger partial charge in [-0.1, -0.05) is 6.07 Å². The number of rotatable bonds is 7. The van der Waals surface area contributed by atoms with Crippen molar-refractivity contribution in [3.8, 4) is 5.88 Å². The lowest BCUT2D eigenvalue weighted by atomic mass is 9.87. The van der Waals surface area contributed by atoms with Crippen molar-refractivity contribution < 1.29 is 22.6 Å². The minimum Gasteiger partial charge on any atom is -0.468 e. The van der Waals surface area contributed by atoms with Crippen LogP contribution in [-0.4, -0.2) is 37.5 Å². The summed E-state index contributed by atoms with van der Waals surface area (Å²) >= 11 is 0. The molecule has 0 aromatic carbocycles. The summed E-state index contributed by atoms with van der Waals surface area (Å²) in [4.78, 5) is 3.89. The third-order valence-electron chi connectivity index (χ3n) is 4.07. The second-order valence-corrected chi connectivity index (χ2v) is 5.92. The first-order chi connectivity index (χ1) is 11.0. The van der Waals surface area contributed by atoms with Gasteiger partial charge in [0, 0.05) is 25.9 Å². The molecule has 4 nitrogen and oxygen atoms in total. The largest absolute Gasteiger partial charge is 0.468 e. The van der Waals surface area contributed by atoms with Crippen LogP contribution in [0.2, 0.25) is 0 Å². The maximum atomic E-state index is 12.0. The molecule has 1 aromatic heterocycles. The fourth-order valence-corrected chi connectivity index (χ4v) is 2.75. The molecular weight excluding hydrogens is 309 g/mol. The highest BCUT2D eigenvalue weighted by Crippen LogP contribution is 2.25. The van der Waals surface area contributed by atoms with Crippen LogP contribution in [0.4, 0.5) is 13.2 Å². The standard InChI is InChI=1S/C16H23F3N2O2/c1-22-14-5-2-12(3-6-14)8-20-9-13-4-7-15(21-10-13)23-11-16(17,18)19/h4,7,10,12,14,20H,2-3,5-6,8-9,11H2,1H3. The molecular formula is C16H23F3N2O2. The summed E-state index contributed by atoms with van der Waals surface area (Å²) in [6.07, 6.45) is 2.14. The molecule has 7 heteroatoms. The number of hydrogen-bond donors (Lipinski definition) is 1. The number of methoxy groups -OCH3 is 1. The van der Waals surface area contributed by atoms with Crippen LogP contribution in [0.1, 0.15) is 31.2 Å². The van der Waals surface area contributed by atoms with Crippen molar-refractivity contribution in [2.45, 2.75) is 44.5 Å². The van der Waals surface area contributed by atoms with E-state index in [4.69, 9.17) is 4.74 Å². The summed E-state index contributed by atoms with van der Waals surface area (Å²) in [5.74, 6) is 0.646. The van der Waals surface area contributed by atoms with Gasteiger partial charge in [-0.3, -0.25) is 0 Å². The zero-order valence-corrected chi connectivity index (χ0v) is 13.2. The van der Waals surface area contributed by atoms with Crippen LogP contribution < -0.4 is 10.1 Å². The van der Waals surface area contributed by atoms with Gasteiger partial charge in [0.15, 0.2) is 6.61 Å². The highest BCUT2D eigenvalue weighted by atomic mass is 19.4. The Labute approximate surface area is 134 Å². The van der Waals surface area contributed by atoms with Crippen LogP contribution in [0.3, 0.4) is 0 Å². The molecule has 1 aromatic rings. The van der Waals surface area contributed by atoms with Crippen LogP contribution in [0, 0.1) is 5.92 Å². The van der Waals surface area contributed by atoms with Crippen molar-refractivity contribution in [3.63, 3.8) is 0 Å². The van der Waals surface area contributed by atoms with Crippen molar-refractivity contribution in [1.82, 2.24) is 10.3 Å². The maximum Gasteiger partial charge on any atom is 0.422 e. The monoisotopic (exact) mass is 332 g/mol. The first kappa shape index (κ1) is 18.0. The smallest absolute Gasteiger partial charge is 0.422 e. The number of alkyl halides is 3. The molecule has 1 fully saturated rings. The van der Waals surface area contributed by atoms with Gasteiger partial charge in [0.2, 0.25) is 5.88 Å². The van der Waals surface area contributed by atoms with Crippen LogP contribution in [0.5, 0.6) is 5.88 Å². The SMILES string of the molecule is COC1CCC(CNCc2ccc(OCC(F)(F)F)nc2)CC1. The van der Waals surface area contributed by atoms with E-state index in [0.717, 1.165) is 37.8 Å². The number of pyridine rings is 1. The normalized spacial score (nSPS) is 22.1. The van der Waals surface area contributed by atoms with Crippen molar-refractivity contribution in [1.29, 1.82) is 0 Å². The first-order valence-electron chi connectivity index (χ1n) is 7.84. The van der Waals surface area contributed by atoms with Crippen molar-refractivity contribution >= 4 is 0 Å². The Bertz CT molecular complexity index is 457. The molecule has 23 heavy (non-hydrogen) atoms. The molecule has 0 saturated heterocycles. The molecule has 1 N–H and O–H groups in total. The number of nitrogens with zero attached hydrogens (tertiary/aromatic N) is 1. The first-order valence-corrected chi connectivity index (χ1v) is 7.84. The number of nitrogens with one attached hydrogen (secondary N) is 1. The van der Waals surface area contributed by atoms with E-state index in [9.17, 15) is 13.2 Å². The molecule has 0 amide bonds. The quantitative estimate of drug-likeness (QED) is 0.832. The van der Waals surface area contributed by atoms with Crippen molar-refractivity contribution in [3.05, 3.63) is 23.9 Å². The Hall–Kier alpha value is -1.34. The topological polar surface area (TPSA) is 43.4 Å². The predicted molar refractivity (Wildman–Crippen MR) is 80.2 cm³/mol. The lowest BCUT2D eigenvalue weighted by molar-refractivity contribution is -0.154. The number of halogens is 3. The molecule has 0 unspecified atom stereocenters. The van der Waals surface area contributed by atoms with Gasteiger partial charge in [0.25, 0.3) is 0 Å². The van der Waals surface area contributed by atoms with E-state index in [0.29, 0.717) is 18.6 Å². The molecule has 2 rings (SSSR count). The van der Waals surface area contributed by atoms with Gasteiger partial charge < -0.3 is 14.8 Å². The summed E-state index contributed by atoms with van der Waals surface area (Å²) in [6.45, 7) is 0.265. The van der Waals surface area contributed by atoms with Crippen LogP contribution in [0.25, 0.3) is 0 Å². The van der Waals surface area contributed by atoms with E-state index in [1.165, 1.54) is 6.07 Å². The van der Waals surface area contributed by atoms with Gasteiger partial charge in [-0.15, -0.1) is 0 Å². The zero-order chi connectivity index (χ0) is 16.7. The van der Waals surface area contributed by atoms with Crippen LogP contribution in [0.15, 0.2) is 18.3 Å².